The van der Waals surface area contributed by atoms with Gasteiger partial charge in [0.1, 0.15) is 11.5 Å². The van der Waals surface area contributed by atoms with Gasteiger partial charge in [0, 0.05) is 43.7 Å². The second-order valence-electron chi connectivity index (χ2n) is 6.27. The number of hydrogen-bond donors (Lipinski definition) is 2. The van der Waals surface area contributed by atoms with E-state index in [-0.39, 0.29) is 12.3 Å². The number of nitrogens with zero attached hydrogens (tertiary/aromatic N) is 3. The van der Waals surface area contributed by atoms with E-state index < -0.39 is 6.61 Å². The van der Waals surface area contributed by atoms with E-state index in [4.69, 9.17) is 4.74 Å². The highest BCUT2D eigenvalue weighted by atomic mass is 19.3. The second kappa shape index (κ2) is 12.6. The van der Waals surface area contributed by atoms with Crippen LogP contribution in [0.2, 0.25) is 0 Å². The van der Waals surface area contributed by atoms with Gasteiger partial charge in [0.05, 0.1) is 19.5 Å². The molecule has 0 fully saturated rings. The molecule has 2 N–H and O–H groups in total. The zero-order valence-corrected chi connectivity index (χ0v) is 16.9. The smallest absolute Gasteiger partial charge is 0.387 e. The number of nitrogens with one attached hydrogen (secondary N) is 2. The van der Waals surface area contributed by atoms with Gasteiger partial charge in [-0.05, 0) is 31.9 Å². The van der Waals surface area contributed by atoms with Crippen LogP contribution in [0.4, 0.5) is 8.78 Å². The number of hydrogen-bond acceptors (Lipinski definition) is 4. The summed E-state index contributed by atoms with van der Waals surface area (Å²) < 4.78 is 37.8. The molecule has 0 saturated carbocycles. The molecule has 0 unspecified atom stereocenters. The summed E-state index contributed by atoms with van der Waals surface area (Å²) >= 11 is 0. The highest BCUT2D eigenvalue weighted by molar-refractivity contribution is 5.79. The van der Waals surface area contributed by atoms with Gasteiger partial charge in [-0.15, -0.1) is 0 Å². The Balaban J connectivity index is 1.97. The summed E-state index contributed by atoms with van der Waals surface area (Å²) in [6.07, 6.45) is 7.16. The number of ether oxygens (including phenoxy) is 2. The van der Waals surface area contributed by atoms with Gasteiger partial charge in [-0.3, -0.25) is 0 Å². The van der Waals surface area contributed by atoms with Crippen LogP contribution in [0.1, 0.15) is 32.3 Å². The minimum Gasteiger partial charge on any atom is -0.493 e. The van der Waals surface area contributed by atoms with Crippen molar-refractivity contribution in [3.05, 3.63) is 42.5 Å². The lowest BCUT2D eigenvalue weighted by atomic mass is 10.2. The Kier molecular flexibility index (Phi) is 9.74. The van der Waals surface area contributed by atoms with Crippen LogP contribution in [-0.4, -0.2) is 41.8 Å². The predicted octanol–water partition coefficient (Wildman–Crippen LogP) is 3.42. The van der Waals surface area contributed by atoms with Crippen molar-refractivity contribution < 1.29 is 18.3 Å². The fourth-order valence-electron chi connectivity index (χ4n) is 2.57. The molecule has 1 aromatic heterocycles. The molecule has 2 aromatic rings. The molecular formula is C20H29F2N5O2. The fourth-order valence-corrected chi connectivity index (χ4v) is 2.57. The number of halogens is 2. The van der Waals surface area contributed by atoms with E-state index in [1.165, 1.54) is 6.07 Å². The molecule has 0 aliphatic carbocycles. The Hall–Kier alpha value is -2.84. The molecule has 2 rings (SSSR count). The maximum Gasteiger partial charge on any atom is 0.387 e. The molecule has 0 saturated heterocycles. The first-order valence-corrected chi connectivity index (χ1v) is 9.80. The average Bonchev–Trinajstić information content (AvgIpc) is 3.21. The molecular weight excluding hydrogens is 380 g/mol. The van der Waals surface area contributed by atoms with Gasteiger partial charge in [-0.2, -0.15) is 8.78 Å². The Morgan fingerprint density at radius 3 is 2.83 bits per heavy atom. The quantitative estimate of drug-likeness (QED) is 0.319. The molecule has 160 valence electrons. The highest BCUT2D eigenvalue weighted by Crippen LogP contribution is 2.27. The van der Waals surface area contributed by atoms with Crippen molar-refractivity contribution in [3.8, 4) is 11.5 Å². The van der Waals surface area contributed by atoms with E-state index in [0.29, 0.717) is 37.0 Å². The first kappa shape index (κ1) is 22.4. The Labute approximate surface area is 170 Å². The van der Waals surface area contributed by atoms with E-state index in [9.17, 15) is 8.78 Å². The van der Waals surface area contributed by atoms with Crippen LogP contribution in [-0.2, 0) is 13.1 Å². The largest absolute Gasteiger partial charge is 0.493 e. The SMILES string of the molecule is CCCOc1ccc(CN=C(NCC)NCCCn2ccnc2)c(OC(F)F)c1. The molecule has 7 nitrogen and oxygen atoms in total. The van der Waals surface area contributed by atoms with Crippen LogP contribution >= 0.6 is 0 Å². The van der Waals surface area contributed by atoms with Crippen molar-refractivity contribution in [1.29, 1.82) is 0 Å². The normalized spacial score (nSPS) is 11.6. The first-order valence-electron chi connectivity index (χ1n) is 9.80. The van der Waals surface area contributed by atoms with Crippen LogP contribution in [0.5, 0.6) is 11.5 Å². The van der Waals surface area contributed by atoms with E-state index in [2.05, 4.69) is 25.3 Å². The predicted molar refractivity (Wildman–Crippen MR) is 109 cm³/mol. The fraction of sp³-hybridized carbons (Fsp3) is 0.500. The Morgan fingerprint density at radius 2 is 2.14 bits per heavy atom. The molecule has 0 bridgehead atoms. The molecule has 1 heterocycles. The van der Waals surface area contributed by atoms with Crippen molar-refractivity contribution >= 4 is 5.96 Å². The lowest BCUT2D eigenvalue weighted by molar-refractivity contribution is -0.0505. The molecule has 9 heteroatoms. The van der Waals surface area contributed by atoms with E-state index in [0.717, 1.165) is 19.4 Å². The highest BCUT2D eigenvalue weighted by Gasteiger charge is 2.11. The number of aryl methyl sites for hydroxylation is 1. The van der Waals surface area contributed by atoms with Gasteiger partial charge in [-0.25, -0.2) is 9.98 Å². The maximum absolute atomic E-state index is 12.8. The van der Waals surface area contributed by atoms with Gasteiger partial charge < -0.3 is 24.7 Å². The minimum atomic E-state index is -2.91. The first-order chi connectivity index (χ1) is 14.1. The summed E-state index contributed by atoms with van der Waals surface area (Å²) in [5, 5.41) is 6.40. The molecule has 29 heavy (non-hydrogen) atoms. The van der Waals surface area contributed by atoms with Crippen molar-refractivity contribution in [2.45, 2.75) is 46.4 Å². The summed E-state index contributed by atoms with van der Waals surface area (Å²) in [7, 11) is 0. The third-order valence-electron chi connectivity index (χ3n) is 3.92. The van der Waals surface area contributed by atoms with Crippen LogP contribution < -0.4 is 20.1 Å². The Morgan fingerprint density at radius 1 is 1.28 bits per heavy atom. The number of benzene rings is 1. The summed E-state index contributed by atoms with van der Waals surface area (Å²) in [5.74, 6) is 1.19. The number of guanidine groups is 1. The third kappa shape index (κ3) is 8.37. The lowest BCUT2D eigenvalue weighted by Gasteiger charge is -2.14. The number of aromatic nitrogens is 2. The molecule has 0 amide bonds. The minimum absolute atomic E-state index is 0.0771. The zero-order chi connectivity index (χ0) is 20.9. The third-order valence-corrected chi connectivity index (χ3v) is 3.92. The van der Waals surface area contributed by atoms with Crippen LogP contribution in [0.15, 0.2) is 41.9 Å². The number of aliphatic imine (C=N–C) groups is 1. The molecule has 0 radical (unpaired) electrons. The van der Waals surface area contributed by atoms with Crippen LogP contribution in [0, 0.1) is 0 Å². The summed E-state index contributed by atoms with van der Waals surface area (Å²) in [6, 6.07) is 4.93. The van der Waals surface area contributed by atoms with Gasteiger partial charge in [-0.1, -0.05) is 6.92 Å². The van der Waals surface area contributed by atoms with E-state index >= 15 is 0 Å². The summed E-state index contributed by atoms with van der Waals surface area (Å²) in [6.45, 7) is 4.00. The lowest BCUT2D eigenvalue weighted by Crippen LogP contribution is -2.38. The van der Waals surface area contributed by atoms with Crippen molar-refractivity contribution in [2.75, 3.05) is 19.7 Å². The van der Waals surface area contributed by atoms with Crippen molar-refractivity contribution in [1.82, 2.24) is 20.2 Å². The van der Waals surface area contributed by atoms with Crippen molar-refractivity contribution in [3.63, 3.8) is 0 Å². The summed E-state index contributed by atoms with van der Waals surface area (Å²) in [4.78, 5) is 8.50. The van der Waals surface area contributed by atoms with E-state index in [1.807, 2.05) is 24.6 Å². The molecule has 0 atom stereocenters. The standard InChI is InChI=1S/C20H29F2N5O2/c1-3-12-28-17-7-6-16(18(13-17)29-19(21)22)14-26-20(24-4-2)25-8-5-10-27-11-9-23-15-27/h6-7,9,11,13,15,19H,3-5,8,10,12,14H2,1-2H3,(H2,24,25,26). The molecule has 0 aliphatic rings. The monoisotopic (exact) mass is 409 g/mol. The summed E-state index contributed by atoms with van der Waals surface area (Å²) in [5.41, 5.74) is 0.560. The molecule has 0 aliphatic heterocycles. The average molecular weight is 409 g/mol. The molecule has 1 aromatic carbocycles. The van der Waals surface area contributed by atoms with Gasteiger partial charge in [0.2, 0.25) is 0 Å². The number of rotatable bonds is 12. The van der Waals surface area contributed by atoms with Crippen LogP contribution in [0.25, 0.3) is 0 Å². The molecule has 0 spiro atoms. The number of imidazole rings is 1. The maximum atomic E-state index is 12.8. The van der Waals surface area contributed by atoms with E-state index in [1.54, 1.807) is 24.7 Å². The second-order valence-corrected chi connectivity index (χ2v) is 6.27. The number of alkyl halides is 2. The zero-order valence-electron chi connectivity index (χ0n) is 16.9. The van der Waals surface area contributed by atoms with Crippen LogP contribution in [0.3, 0.4) is 0 Å². The van der Waals surface area contributed by atoms with Gasteiger partial charge in [0.15, 0.2) is 5.96 Å². The van der Waals surface area contributed by atoms with Gasteiger partial charge in [0.25, 0.3) is 0 Å². The van der Waals surface area contributed by atoms with Gasteiger partial charge >= 0.3 is 6.61 Å². The topological polar surface area (TPSA) is 72.7 Å². The Bertz CT molecular complexity index is 738. The van der Waals surface area contributed by atoms with Crippen molar-refractivity contribution in [2.24, 2.45) is 4.99 Å².